The second-order valence-electron chi connectivity index (χ2n) is 5.70. The van der Waals surface area contributed by atoms with E-state index in [2.05, 4.69) is 27.6 Å². The van der Waals surface area contributed by atoms with Crippen LogP contribution in [0.4, 0.5) is 5.82 Å². The quantitative estimate of drug-likeness (QED) is 0.711. The van der Waals surface area contributed by atoms with E-state index >= 15 is 0 Å². The highest BCUT2D eigenvalue weighted by Gasteiger charge is 2.16. The van der Waals surface area contributed by atoms with Crippen LogP contribution >= 0.6 is 11.3 Å². The predicted octanol–water partition coefficient (Wildman–Crippen LogP) is 3.85. The lowest BCUT2D eigenvalue weighted by molar-refractivity contribution is 0.280. The van der Waals surface area contributed by atoms with Crippen LogP contribution in [-0.4, -0.2) is 28.8 Å². The Bertz CT molecular complexity index is 830. The minimum absolute atomic E-state index is 0.0299. The van der Waals surface area contributed by atoms with Crippen LogP contribution in [0.2, 0.25) is 0 Å². The van der Waals surface area contributed by atoms with Crippen molar-refractivity contribution in [3.05, 3.63) is 46.6 Å². The van der Waals surface area contributed by atoms with Gasteiger partial charge in [0.15, 0.2) is 0 Å². The molecule has 1 atom stereocenters. The van der Waals surface area contributed by atoms with Gasteiger partial charge in [0.05, 0.1) is 18.5 Å². The number of hydrogen-bond acceptors (Lipinski definition) is 6. The van der Waals surface area contributed by atoms with Gasteiger partial charge in [0.2, 0.25) is 0 Å². The number of aromatic nitrogens is 2. The number of aliphatic hydroxyl groups is 1. The molecule has 3 rings (SSSR count). The summed E-state index contributed by atoms with van der Waals surface area (Å²) < 4.78 is 5.22. The molecule has 0 bridgehead atoms. The molecule has 0 radical (unpaired) electrons. The fraction of sp³-hybridized carbons (Fsp3) is 0.333. The van der Waals surface area contributed by atoms with Gasteiger partial charge in [0, 0.05) is 6.61 Å². The molecule has 1 unspecified atom stereocenters. The maximum atomic E-state index is 9.46. The minimum atomic E-state index is -0.0299. The number of thiophene rings is 1. The molecule has 6 heteroatoms. The average Bonchev–Trinajstić information content (AvgIpc) is 2.95. The van der Waals surface area contributed by atoms with E-state index in [1.807, 2.05) is 31.2 Å². The smallest absolute Gasteiger partial charge is 0.139 e. The monoisotopic (exact) mass is 343 g/mol. The number of aliphatic hydroxyl groups excluding tert-OH is 1. The molecule has 2 aromatic heterocycles. The molecule has 0 spiro atoms. The van der Waals surface area contributed by atoms with Gasteiger partial charge in [-0.3, -0.25) is 0 Å². The average molecular weight is 343 g/mol. The van der Waals surface area contributed by atoms with E-state index in [0.717, 1.165) is 38.7 Å². The van der Waals surface area contributed by atoms with Crippen LogP contribution in [0, 0.1) is 13.8 Å². The first-order chi connectivity index (χ1) is 11.6. The molecule has 1 aromatic carbocycles. The zero-order valence-corrected chi connectivity index (χ0v) is 14.9. The number of fused-ring (bicyclic) bond motifs is 1. The van der Waals surface area contributed by atoms with Crippen molar-refractivity contribution in [2.45, 2.75) is 26.3 Å². The number of hydrogen-bond donors (Lipinski definition) is 2. The number of methoxy groups -OCH3 is 1. The molecule has 3 aromatic rings. The van der Waals surface area contributed by atoms with E-state index in [0.29, 0.717) is 6.42 Å². The molecule has 5 nitrogen and oxygen atoms in total. The van der Waals surface area contributed by atoms with Gasteiger partial charge in [-0.2, -0.15) is 0 Å². The zero-order valence-electron chi connectivity index (χ0n) is 14.0. The number of nitrogens with one attached hydrogen (secondary N) is 1. The zero-order chi connectivity index (χ0) is 17.1. The normalized spacial score (nSPS) is 12.3. The largest absolute Gasteiger partial charge is 0.497 e. The van der Waals surface area contributed by atoms with Crippen LogP contribution in [0.15, 0.2) is 29.6 Å². The fourth-order valence-electron chi connectivity index (χ4n) is 2.75. The highest BCUT2D eigenvalue weighted by molar-refractivity contribution is 7.17. The Hall–Kier alpha value is -2.18. The Morgan fingerprint density at radius 3 is 2.62 bits per heavy atom. The minimum Gasteiger partial charge on any atom is -0.497 e. The first-order valence-electron chi connectivity index (χ1n) is 7.86. The van der Waals surface area contributed by atoms with Gasteiger partial charge in [-0.25, -0.2) is 9.97 Å². The summed E-state index contributed by atoms with van der Waals surface area (Å²) in [6.07, 6.45) is 0.597. The van der Waals surface area contributed by atoms with Gasteiger partial charge >= 0.3 is 0 Å². The molecule has 0 aliphatic carbocycles. The van der Waals surface area contributed by atoms with Gasteiger partial charge in [-0.1, -0.05) is 12.1 Å². The summed E-state index contributed by atoms with van der Waals surface area (Å²) in [6.45, 7) is 4.06. The number of rotatable bonds is 6. The van der Waals surface area contributed by atoms with Crippen molar-refractivity contribution >= 4 is 27.4 Å². The van der Waals surface area contributed by atoms with Crippen LogP contribution in [0.5, 0.6) is 5.75 Å². The van der Waals surface area contributed by atoms with Crippen LogP contribution in [0.3, 0.4) is 0 Å². The Balaban J connectivity index is 1.97. The molecule has 2 N–H and O–H groups in total. The summed E-state index contributed by atoms with van der Waals surface area (Å²) in [5, 5.41) is 16.1. The fourth-order valence-corrected chi connectivity index (χ4v) is 3.71. The molecule has 0 saturated heterocycles. The summed E-state index contributed by atoms with van der Waals surface area (Å²) in [7, 11) is 1.65. The van der Waals surface area contributed by atoms with Crippen LogP contribution in [-0.2, 0) is 0 Å². The van der Waals surface area contributed by atoms with Crippen LogP contribution in [0.1, 0.15) is 29.4 Å². The van der Waals surface area contributed by atoms with E-state index in [4.69, 9.17) is 4.74 Å². The summed E-state index contributed by atoms with van der Waals surface area (Å²) >= 11 is 1.63. The highest BCUT2D eigenvalue weighted by atomic mass is 32.1. The molecule has 0 aliphatic rings. The highest BCUT2D eigenvalue weighted by Crippen LogP contribution is 2.32. The number of nitrogens with zero attached hydrogens (tertiary/aromatic N) is 2. The van der Waals surface area contributed by atoms with Crippen LogP contribution in [0.25, 0.3) is 10.2 Å². The van der Waals surface area contributed by atoms with Crippen molar-refractivity contribution < 1.29 is 9.84 Å². The topological polar surface area (TPSA) is 67.3 Å². The number of benzene rings is 1. The molecule has 0 amide bonds. The molecule has 0 aliphatic heterocycles. The van der Waals surface area contributed by atoms with Gasteiger partial charge in [-0.15, -0.1) is 11.3 Å². The molecular formula is C18H21N3O2S. The third kappa shape index (κ3) is 3.34. The third-order valence-electron chi connectivity index (χ3n) is 3.98. The predicted molar refractivity (Wildman–Crippen MR) is 97.9 cm³/mol. The summed E-state index contributed by atoms with van der Waals surface area (Å²) in [5.41, 5.74) is 2.25. The van der Waals surface area contributed by atoms with E-state index in [9.17, 15) is 5.11 Å². The lowest BCUT2D eigenvalue weighted by atomic mass is 10.0. The number of anilines is 1. The summed E-state index contributed by atoms with van der Waals surface area (Å²) in [6, 6.07) is 7.85. The molecule has 24 heavy (non-hydrogen) atoms. The van der Waals surface area contributed by atoms with Crippen molar-refractivity contribution in [2.75, 3.05) is 19.0 Å². The lowest BCUT2D eigenvalue weighted by Crippen LogP contribution is -2.14. The van der Waals surface area contributed by atoms with Crippen molar-refractivity contribution in [3.8, 4) is 5.75 Å². The molecule has 126 valence electrons. The molecule has 0 saturated carbocycles. The van der Waals surface area contributed by atoms with Gasteiger partial charge in [0.25, 0.3) is 0 Å². The van der Waals surface area contributed by atoms with Crippen molar-refractivity contribution in [1.29, 1.82) is 0 Å². The van der Waals surface area contributed by atoms with E-state index in [-0.39, 0.29) is 12.6 Å². The molecule has 0 fully saturated rings. The summed E-state index contributed by atoms with van der Waals surface area (Å²) in [4.78, 5) is 10.1. The third-order valence-corrected chi connectivity index (χ3v) is 4.97. The van der Waals surface area contributed by atoms with Gasteiger partial charge in [-0.05, 0) is 48.9 Å². The maximum Gasteiger partial charge on any atom is 0.139 e. The second kappa shape index (κ2) is 7.15. The summed E-state index contributed by atoms with van der Waals surface area (Å²) in [5.74, 6) is 2.38. The van der Waals surface area contributed by atoms with Crippen molar-refractivity contribution in [2.24, 2.45) is 0 Å². The molecular weight excluding hydrogens is 322 g/mol. The number of ether oxygens (including phenoxy) is 1. The van der Waals surface area contributed by atoms with E-state index in [1.54, 1.807) is 18.4 Å². The Kier molecular flexibility index (Phi) is 4.97. The van der Waals surface area contributed by atoms with Crippen molar-refractivity contribution in [1.82, 2.24) is 9.97 Å². The Labute approximate surface area is 145 Å². The Morgan fingerprint density at radius 1 is 1.21 bits per heavy atom. The van der Waals surface area contributed by atoms with Crippen LogP contribution < -0.4 is 10.1 Å². The maximum absolute atomic E-state index is 9.46. The number of aryl methyl sites for hydroxylation is 2. The van der Waals surface area contributed by atoms with E-state index < -0.39 is 0 Å². The first-order valence-corrected chi connectivity index (χ1v) is 8.74. The first kappa shape index (κ1) is 16.7. The lowest BCUT2D eigenvalue weighted by Gasteiger charge is -2.20. The Morgan fingerprint density at radius 2 is 1.96 bits per heavy atom. The second-order valence-corrected chi connectivity index (χ2v) is 6.56. The van der Waals surface area contributed by atoms with Gasteiger partial charge < -0.3 is 15.2 Å². The van der Waals surface area contributed by atoms with Gasteiger partial charge in [0.1, 0.15) is 22.2 Å². The van der Waals surface area contributed by atoms with E-state index in [1.165, 1.54) is 0 Å². The molecule has 2 heterocycles. The van der Waals surface area contributed by atoms with Crippen molar-refractivity contribution in [3.63, 3.8) is 0 Å². The standard InChI is InChI=1S/C18H21N3O2S/c1-11-10-24-18-16(11)17(19-12(2)20-18)21-15(8-9-22)13-4-6-14(23-3)7-5-13/h4-7,10,15,22H,8-9H2,1-3H3,(H,19,20,21). The SMILES string of the molecule is COc1ccc(C(CCO)Nc2nc(C)nc3scc(C)c23)cc1.